The number of rotatable bonds is 6. The van der Waals surface area contributed by atoms with Gasteiger partial charge in [-0.25, -0.2) is 0 Å². The van der Waals surface area contributed by atoms with Gasteiger partial charge in [-0.15, -0.1) is 0 Å². The van der Waals surface area contributed by atoms with Crippen molar-refractivity contribution in [2.75, 3.05) is 4.90 Å². The van der Waals surface area contributed by atoms with Crippen molar-refractivity contribution < 1.29 is 4.42 Å². The summed E-state index contributed by atoms with van der Waals surface area (Å²) in [5.74, 6) is 0.534. The fourth-order valence-corrected chi connectivity index (χ4v) is 9.22. The molecule has 0 spiro atoms. The molecular formula is C52H41NO. The summed E-state index contributed by atoms with van der Waals surface area (Å²) >= 11 is 0. The number of hydrogen-bond acceptors (Lipinski definition) is 2. The van der Waals surface area contributed by atoms with Gasteiger partial charge in [0.1, 0.15) is 11.2 Å². The monoisotopic (exact) mass is 695 g/mol. The first-order chi connectivity index (χ1) is 26.5. The van der Waals surface area contributed by atoms with E-state index in [4.69, 9.17) is 4.42 Å². The first kappa shape index (κ1) is 32.3. The topological polar surface area (TPSA) is 16.4 Å². The molecule has 260 valence electrons. The number of furan rings is 1. The first-order valence-corrected chi connectivity index (χ1v) is 19.1. The third-order valence-corrected chi connectivity index (χ3v) is 11.7. The number of hydrogen-bond donors (Lipinski definition) is 0. The molecule has 0 aliphatic heterocycles. The molecule has 2 nitrogen and oxygen atoms in total. The lowest BCUT2D eigenvalue weighted by Crippen LogP contribution is -2.22. The van der Waals surface area contributed by atoms with E-state index < -0.39 is 0 Å². The van der Waals surface area contributed by atoms with Crippen LogP contribution in [0.25, 0.3) is 60.9 Å². The lowest BCUT2D eigenvalue weighted by molar-refractivity contribution is 0.530. The van der Waals surface area contributed by atoms with E-state index in [0.717, 1.165) is 62.1 Å². The molecule has 8 aromatic rings. The van der Waals surface area contributed by atoms with E-state index in [1.54, 1.807) is 5.57 Å². The summed E-state index contributed by atoms with van der Waals surface area (Å²) in [6.45, 7) is 7.19. The Morgan fingerprint density at radius 3 is 1.93 bits per heavy atom. The highest BCUT2D eigenvalue weighted by molar-refractivity contribution is 6.10. The maximum Gasteiger partial charge on any atom is 0.143 e. The largest absolute Gasteiger partial charge is 0.455 e. The summed E-state index contributed by atoms with van der Waals surface area (Å²) in [4.78, 5) is 2.41. The average Bonchev–Trinajstić information content (AvgIpc) is 3.71. The highest BCUT2D eigenvalue weighted by Gasteiger charge is 2.40. The molecule has 54 heavy (non-hydrogen) atoms. The standard InChI is InChI=1S/C52H41NO/c1-34-13-11-19-45-43-32-31-40(33-48(43)52(2,3)50(34)45)53(38-27-23-36(24-28-38)35-14-5-4-6-15-35)39-29-25-37(26-30-39)41-16-7-8-17-42(41)46-20-12-21-47-44-18-9-10-22-49(44)54-51(46)47/h4-12,14-34H,13H2,1-3H3. The Bertz CT molecular complexity index is 2760. The van der Waals surface area contributed by atoms with Gasteiger partial charge >= 0.3 is 0 Å². The summed E-state index contributed by atoms with van der Waals surface area (Å²) in [5, 5.41) is 2.28. The second-order valence-electron chi connectivity index (χ2n) is 15.3. The van der Waals surface area contributed by atoms with Crippen LogP contribution in [0.3, 0.4) is 0 Å². The molecule has 1 heterocycles. The number of anilines is 3. The Morgan fingerprint density at radius 1 is 0.537 bits per heavy atom. The smallest absolute Gasteiger partial charge is 0.143 e. The summed E-state index contributed by atoms with van der Waals surface area (Å²) in [6, 6.07) is 59.2. The second-order valence-corrected chi connectivity index (χ2v) is 15.3. The van der Waals surface area contributed by atoms with Crippen LogP contribution in [-0.2, 0) is 5.41 Å². The lowest BCUT2D eigenvalue weighted by Gasteiger charge is -2.31. The van der Waals surface area contributed by atoms with Gasteiger partial charge < -0.3 is 9.32 Å². The molecule has 1 atom stereocenters. The molecular weight excluding hydrogens is 655 g/mol. The van der Waals surface area contributed by atoms with Crippen LogP contribution >= 0.6 is 0 Å². The fraction of sp³-hybridized carbons (Fsp3) is 0.115. The minimum Gasteiger partial charge on any atom is -0.455 e. The Hall–Kier alpha value is -6.38. The molecule has 2 heteroatoms. The van der Waals surface area contributed by atoms with Crippen molar-refractivity contribution >= 4 is 44.6 Å². The van der Waals surface area contributed by atoms with Crippen molar-refractivity contribution in [2.45, 2.75) is 32.6 Å². The van der Waals surface area contributed by atoms with Crippen molar-refractivity contribution in [3.05, 3.63) is 193 Å². The molecule has 0 N–H and O–H groups in total. The Kier molecular flexibility index (Phi) is 7.56. The fourth-order valence-electron chi connectivity index (χ4n) is 9.22. The Balaban J connectivity index is 1.07. The predicted octanol–water partition coefficient (Wildman–Crippen LogP) is 14.7. The number of benzene rings is 7. The summed E-state index contributed by atoms with van der Waals surface area (Å²) in [5.41, 5.74) is 18.0. The van der Waals surface area contributed by atoms with Crippen molar-refractivity contribution in [3.63, 3.8) is 0 Å². The quantitative estimate of drug-likeness (QED) is 0.172. The second kappa shape index (κ2) is 12.6. The molecule has 0 amide bonds. The molecule has 1 unspecified atom stereocenters. The zero-order valence-electron chi connectivity index (χ0n) is 30.9. The number of fused-ring (bicyclic) bond motifs is 5. The van der Waals surface area contributed by atoms with Gasteiger partial charge in [0.05, 0.1) is 0 Å². The van der Waals surface area contributed by atoms with Gasteiger partial charge in [0, 0.05) is 38.8 Å². The van der Waals surface area contributed by atoms with Crippen LogP contribution in [0, 0.1) is 5.92 Å². The zero-order valence-corrected chi connectivity index (χ0v) is 30.9. The number of nitrogens with zero attached hydrogens (tertiary/aromatic N) is 1. The molecule has 2 aliphatic carbocycles. The van der Waals surface area contributed by atoms with Crippen LogP contribution in [0.2, 0.25) is 0 Å². The van der Waals surface area contributed by atoms with E-state index in [1.807, 2.05) is 6.07 Å². The van der Waals surface area contributed by atoms with Gasteiger partial charge in [0.25, 0.3) is 0 Å². The van der Waals surface area contributed by atoms with Crippen LogP contribution in [0.4, 0.5) is 17.1 Å². The van der Waals surface area contributed by atoms with Gasteiger partial charge in [0.2, 0.25) is 0 Å². The van der Waals surface area contributed by atoms with Gasteiger partial charge in [-0.05, 0) is 105 Å². The highest BCUT2D eigenvalue weighted by Crippen LogP contribution is 2.53. The van der Waals surface area contributed by atoms with E-state index in [2.05, 4.69) is 196 Å². The minimum atomic E-state index is -0.0377. The first-order valence-electron chi connectivity index (χ1n) is 19.1. The minimum absolute atomic E-state index is 0.0377. The normalized spacial score (nSPS) is 15.8. The molecule has 0 saturated heterocycles. The molecule has 0 fully saturated rings. The zero-order chi connectivity index (χ0) is 36.4. The van der Waals surface area contributed by atoms with E-state index in [0.29, 0.717) is 5.92 Å². The van der Waals surface area contributed by atoms with Crippen molar-refractivity contribution in [1.82, 2.24) is 0 Å². The van der Waals surface area contributed by atoms with Crippen LogP contribution in [0.15, 0.2) is 186 Å². The lowest BCUT2D eigenvalue weighted by atomic mass is 9.74. The maximum atomic E-state index is 6.48. The molecule has 1 aromatic heterocycles. The third-order valence-electron chi connectivity index (χ3n) is 11.7. The molecule has 7 aromatic carbocycles. The third kappa shape index (κ3) is 5.16. The SMILES string of the molecule is CC1CC=CC2=C1C(C)(C)c1cc(N(c3ccc(-c4ccccc4)cc3)c3ccc(-c4ccccc4-c4cccc5c4oc4ccccc45)cc3)ccc12. The summed E-state index contributed by atoms with van der Waals surface area (Å²) < 4.78 is 6.48. The van der Waals surface area contributed by atoms with Crippen molar-refractivity contribution in [2.24, 2.45) is 5.92 Å². The van der Waals surface area contributed by atoms with Gasteiger partial charge in [-0.1, -0.05) is 154 Å². The predicted molar refractivity (Wildman–Crippen MR) is 228 cm³/mol. The summed E-state index contributed by atoms with van der Waals surface area (Å²) in [7, 11) is 0. The van der Waals surface area contributed by atoms with Gasteiger partial charge in [-0.2, -0.15) is 0 Å². The summed E-state index contributed by atoms with van der Waals surface area (Å²) in [6.07, 6.45) is 5.81. The average molecular weight is 696 g/mol. The van der Waals surface area contributed by atoms with E-state index in [1.165, 1.54) is 33.4 Å². The Labute approximate surface area is 317 Å². The van der Waals surface area contributed by atoms with Crippen LogP contribution < -0.4 is 4.90 Å². The number of para-hydroxylation sites is 2. The van der Waals surface area contributed by atoms with E-state index >= 15 is 0 Å². The maximum absolute atomic E-state index is 6.48. The van der Waals surface area contributed by atoms with Crippen molar-refractivity contribution in [3.8, 4) is 33.4 Å². The van der Waals surface area contributed by atoms with Crippen LogP contribution in [0.5, 0.6) is 0 Å². The Morgan fingerprint density at radius 2 is 1.15 bits per heavy atom. The van der Waals surface area contributed by atoms with Crippen LogP contribution in [-0.4, -0.2) is 0 Å². The molecule has 0 bridgehead atoms. The molecule has 0 radical (unpaired) electrons. The van der Waals surface area contributed by atoms with Gasteiger partial charge in [0.15, 0.2) is 0 Å². The molecule has 2 aliphatic rings. The highest BCUT2D eigenvalue weighted by atomic mass is 16.3. The number of allylic oxidation sites excluding steroid dienone is 4. The molecule has 0 saturated carbocycles. The van der Waals surface area contributed by atoms with Crippen molar-refractivity contribution in [1.29, 1.82) is 0 Å². The molecule has 10 rings (SSSR count). The van der Waals surface area contributed by atoms with E-state index in [9.17, 15) is 0 Å². The van der Waals surface area contributed by atoms with Crippen LogP contribution in [0.1, 0.15) is 38.3 Å². The van der Waals surface area contributed by atoms with E-state index in [-0.39, 0.29) is 5.41 Å². The van der Waals surface area contributed by atoms with Gasteiger partial charge in [-0.3, -0.25) is 0 Å².